The fourth-order valence-electron chi connectivity index (χ4n) is 4.78. The number of hydrogen-bond donors (Lipinski definition) is 0. The molecule has 6 nitrogen and oxygen atoms in total. The fraction of sp³-hybridized carbons (Fsp3) is 0.393. The molecule has 0 atom stereocenters. The predicted octanol–water partition coefficient (Wildman–Crippen LogP) is 6.89. The van der Waals surface area contributed by atoms with Crippen LogP contribution in [0.15, 0.2) is 36.5 Å². The summed E-state index contributed by atoms with van der Waals surface area (Å²) in [6.07, 6.45) is -10.7. The van der Waals surface area contributed by atoms with Gasteiger partial charge in [-0.05, 0) is 45.4 Å². The van der Waals surface area contributed by atoms with Gasteiger partial charge in [-0.3, -0.25) is 13.9 Å². The van der Waals surface area contributed by atoms with Gasteiger partial charge in [0.25, 0.3) is 0 Å². The first kappa shape index (κ1) is 30.1. The Bertz CT molecular complexity index is 1570. The summed E-state index contributed by atoms with van der Waals surface area (Å²) in [5.74, 6) is -4.28. The Hall–Kier alpha value is -3.90. The molecule has 0 unspecified atom stereocenters. The number of carbonyl (C=O) groups is 1. The van der Waals surface area contributed by atoms with Crippen molar-refractivity contribution in [2.24, 2.45) is 5.92 Å². The maximum absolute atomic E-state index is 14.2. The molecule has 4 rings (SSSR count). The Morgan fingerprint density at radius 3 is 2.29 bits per heavy atom. The number of pyridine rings is 1. The number of ether oxygens (including phenoxy) is 1. The molecule has 0 bridgehead atoms. The first-order valence-corrected chi connectivity index (χ1v) is 12.6. The van der Waals surface area contributed by atoms with Gasteiger partial charge in [0, 0.05) is 35.9 Å². The molecule has 0 spiro atoms. The number of aryl methyl sites for hydroxylation is 3. The Morgan fingerprint density at radius 2 is 1.66 bits per heavy atom. The molecule has 0 radical (unpaired) electrons. The van der Waals surface area contributed by atoms with Crippen LogP contribution in [-0.2, 0) is 13.0 Å². The summed E-state index contributed by atoms with van der Waals surface area (Å²) in [4.78, 5) is 17.9. The van der Waals surface area contributed by atoms with Gasteiger partial charge in [-0.25, -0.2) is 9.37 Å². The van der Waals surface area contributed by atoms with Gasteiger partial charge in [-0.1, -0.05) is 18.2 Å². The standard InChI is InChI=1S/C28H27F7N4O2/c1-15-11-23(41-10-9-24(27(30,31)32)28(33,34)35)26-36-17(3)25(38(26)13-15)22(40)12-20-16(2)37-39(18(20)4)14-19-7-5-6-8-21(19)29/h5-8,11,13,24H,9-10,12,14H2,1-4H3. The van der Waals surface area contributed by atoms with Crippen LogP contribution >= 0.6 is 0 Å². The smallest absolute Gasteiger partial charge is 0.400 e. The Labute approximate surface area is 230 Å². The van der Waals surface area contributed by atoms with E-state index in [1.54, 1.807) is 56.8 Å². The zero-order valence-electron chi connectivity index (χ0n) is 22.6. The number of ketones is 1. The number of alkyl halides is 6. The lowest BCUT2D eigenvalue weighted by molar-refractivity contribution is -0.286. The third-order valence-electron chi connectivity index (χ3n) is 6.86. The quantitative estimate of drug-likeness (QED) is 0.159. The van der Waals surface area contributed by atoms with E-state index in [0.717, 1.165) is 0 Å². The molecule has 13 heteroatoms. The lowest BCUT2D eigenvalue weighted by Gasteiger charge is -2.22. The van der Waals surface area contributed by atoms with Crippen molar-refractivity contribution in [3.8, 4) is 5.75 Å². The minimum atomic E-state index is -5.47. The van der Waals surface area contributed by atoms with Crippen LogP contribution in [0.5, 0.6) is 5.75 Å². The summed E-state index contributed by atoms with van der Waals surface area (Å²) in [6, 6.07) is 7.74. The molecule has 0 saturated carbocycles. The summed E-state index contributed by atoms with van der Waals surface area (Å²) < 4.78 is 100. The highest BCUT2D eigenvalue weighted by Gasteiger charge is 2.56. The van der Waals surface area contributed by atoms with Crippen LogP contribution in [0.3, 0.4) is 0 Å². The van der Waals surface area contributed by atoms with Crippen molar-refractivity contribution in [2.75, 3.05) is 6.61 Å². The first-order valence-electron chi connectivity index (χ1n) is 12.6. The molecule has 0 N–H and O–H groups in total. The number of Topliss-reactive ketones (excluding diaryl/α,β-unsaturated/α-hetero) is 1. The van der Waals surface area contributed by atoms with E-state index in [0.29, 0.717) is 33.8 Å². The highest BCUT2D eigenvalue weighted by atomic mass is 19.4. The molecule has 0 amide bonds. The maximum atomic E-state index is 14.2. The largest absolute Gasteiger partial charge is 0.490 e. The third-order valence-corrected chi connectivity index (χ3v) is 6.86. The van der Waals surface area contributed by atoms with Crippen LogP contribution in [0.2, 0.25) is 0 Å². The minimum Gasteiger partial charge on any atom is -0.490 e. The normalized spacial score (nSPS) is 12.5. The molecular formula is C28H27F7N4O2. The summed E-state index contributed by atoms with van der Waals surface area (Å²) in [5.41, 5.74) is 3.49. The number of rotatable bonds is 9. The SMILES string of the molecule is Cc1cc(OCCC(C(F)(F)F)C(F)(F)F)c2nc(C)c(C(=O)Cc3c(C)nn(Cc4ccccc4F)c3C)n2c1. The Morgan fingerprint density at radius 1 is 1.00 bits per heavy atom. The second kappa shape index (κ2) is 11.2. The molecule has 41 heavy (non-hydrogen) atoms. The van der Waals surface area contributed by atoms with E-state index in [4.69, 9.17) is 4.74 Å². The summed E-state index contributed by atoms with van der Waals surface area (Å²) in [6.45, 7) is 6.04. The third kappa shape index (κ3) is 6.38. The highest BCUT2D eigenvalue weighted by Crippen LogP contribution is 2.41. The van der Waals surface area contributed by atoms with E-state index >= 15 is 0 Å². The molecule has 0 aliphatic heterocycles. The van der Waals surface area contributed by atoms with Crippen LogP contribution in [0.1, 0.15) is 50.7 Å². The van der Waals surface area contributed by atoms with Gasteiger partial charge >= 0.3 is 12.4 Å². The van der Waals surface area contributed by atoms with Crippen molar-refractivity contribution in [1.82, 2.24) is 19.2 Å². The molecule has 220 valence electrons. The summed E-state index contributed by atoms with van der Waals surface area (Å²) >= 11 is 0. The molecule has 0 fully saturated rings. The van der Waals surface area contributed by atoms with Crippen molar-refractivity contribution in [3.05, 3.63) is 81.8 Å². The van der Waals surface area contributed by atoms with Gasteiger partial charge < -0.3 is 4.74 Å². The maximum Gasteiger partial charge on any atom is 0.400 e. The number of benzene rings is 1. The molecule has 0 aliphatic carbocycles. The van der Waals surface area contributed by atoms with Crippen molar-refractivity contribution in [1.29, 1.82) is 0 Å². The molecule has 0 aliphatic rings. The number of fused-ring (bicyclic) bond motifs is 1. The number of imidazole rings is 1. The lowest BCUT2D eigenvalue weighted by atomic mass is 10.0. The molecule has 0 saturated heterocycles. The molecule has 3 heterocycles. The molecule has 4 aromatic rings. The van der Waals surface area contributed by atoms with E-state index in [1.165, 1.54) is 16.5 Å². The van der Waals surface area contributed by atoms with Gasteiger partial charge in [0.15, 0.2) is 23.1 Å². The zero-order chi connectivity index (χ0) is 30.3. The van der Waals surface area contributed by atoms with Gasteiger partial charge in [0.05, 0.1) is 24.5 Å². The van der Waals surface area contributed by atoms with E-state index in [9.17, 15) is 35.5 Å². The average molecular weight is 585 g/mol. The van der Waals surface area contributed by atoms with Crippen LogP contribution in [0.4, 0.5) is 30.7 Å². The fourth-order valence-corrected chi connectivity index (χ4v) is 4.78. The van der Waals surface area contributed by atoms with Crippen LogP contribution in [0.25, 0.3) is 5.65 Å². The monoisotopic (exact) mass is 584 g/mol. The van der Waals surface area contributed by atoms with Crippen molar-refractivity contribution in [3.63, 3.8) is 0 Å². The van der Waals surface area contributed by atoms with Crippen LogP contribution < -0.4 is 4.74 Å². The first-order chi connectivity index (χ1) is 19.1. The van der Waals surface area contributed by atoms with E-state index < -0.39 is 31.3 Å². The van der Waals surface area contributed by atoms with Gasteiger partial charge in [-0.2, -0.15) is 31.4 Å². The minimum absolute atomic E-state index is 0.0414. The predicted molar refractivity (Wildman–Crippen MR) is 136 cm³/mol. The number of hydrogen-bond acceptors (Lipinski definition) is 4. The van der Waals surface area contributed by atoms with E-state index in [-0.39, 0.29) is 41.7 Å². The lowest BCUT2D eigenvalue weighted by Crippen LogP contribution is -2.37. The molecule has 1 aromatic carbocycles. The Balaban J connectivity index is 1.59. The van der Waals surface area contributed by atoms with Crippen molar-refractivity contribution < 1.29 is 40.3 Å². The van der Waals surface area contributed by atoms with Crippen LogP contribution in [0, 0.1) is 39.4 Å². The van der Waals surface area contributed by atoms with E-state index in [2.05, 4.69) is 10.1 Å². The van der Waals surface area contributed by atoms with Crippen molar-refractivity contribution in [2.45, 2.75) is 59.4 Å². The second-order valence-corrected chi connectivity index (χ2v) is 9.89. The number of aromatic nitrogens is 4. The van der Waals surface area contributed by atoms with E-state index in [1.807, 2.05) is 0 Å². The molecule has 3 aromatic heterocycles. The van der Waals surface area contributed by atoms with Crippen LogP contribution in [-0.4, -0.2) is 43.9 Å². The van der Waals surface area contributed by atoms with Gasteiger partial charge in [0.2, 0.25) is 0 Å². The average Bonchev–Trinajstić information content (AvgIpc) is 3.31. The second-order valence-electron chi connectivity index (χ2n) is 9.89. The summed E-state index contributed by atoms with van der Waals surface area (Å²) in [7, 11) is 0. The number of carbonyl (C=O) groups excluding carboxylic acids is 1. The zero-order valence-corrected chi connectivity index (χ0v) is 22.6. The Kier molecular flexibility index (Phi) is 8.19. The highest BCUT2D eigenvalue weighted by molar-refractivity contribution is 5.98. The van der Waals surface area contributed by atoms with Gasteiger partial charge in [0.1, 0.15) is 11.5 Å². The number of halogens is 7. The topological polar surface area (TPSA) is 61.4 Å². The summed E-state index contributed by atoms with van der Waals surface area (Å²) in [5, 5.41) is 4.47. The van der Waals surface area contributed by atoms with Crippen molar-refractivity contribution >= 4 is 11.4 Å². The van der Waals surface area contributed by atoms with Gasteiger partial charge in [-0.15, -0.1) is 0 Å². The molecular weight excluding hydrogens is 557 g/mol. The number of nitrogens with zero attached hydrogens (tertiary/aromatic N) is 4.